The van der Waals surface area contributed by atoms with Crippen LogP contribution in [0, 0.1) is 0 Å². The van der Waals surface area contributed by atoms with Crippen molar-refractivity contribution in [2.24, 2.45) is 0 Å². The van der Waals surface area contributed by atoms with Crippen LogP contribution < -0.4 is 0 Å². The van der Waals surface area contributed by atoms with Gasteiger partial charge in [-0.3, -0.25) is 0 Å². The van der Waals surface area contributed by atoms with Crippen LogP contribution in [0.5, 0.6) is 0 Å². The zero-order valence-corrected chi connectivity index (χ0v) is 24.9. The van der Waals surface area contributed by atoms with Crippen molar-refractivity contribution < 1.29 is 64.0 Å². The number of rotatable bonds is 20. The van der Waals surface area contributed by atoms with Crippen molar-refractivity contribution in [2.45, 2.75) is 26.1 Å². The molecule has 0 radical (unpaired) electrons. The first-order chi connectivity index (χ1) is 16.7. The zero-order valence-electron chi connectivity index (χ0n) is 21.0. The molecule has 0 aromatic heterocycles. The molecule has 0 bridgehead atoms. The monoisotopic (exact) mass is 602 g/mol. The standard InChI is InChI=1S/2C10H18O7S.Ca/c2*1-3-10(11)17-9(2)8-16-5-4-15-6-7-18(12,13)14;/h2*3,9H,1,4-8H2,2H3,(H,12,13,14);/q;;+2/p-2. The zero-order chi connectivity index (χ0) is 28.0. The molecule has 0 saturated heterocycles. The molecular weight excluding hydrogens is 568 g/mol. The topological polar surface area (TPSA) is 204 Å². The maximum Gasteiger partial charge on any atom is 2.00 e. The molecule has 0 N–H and O–H groups in total. The Morgan fingerprint density at radius 1 is 0.676 bits per heavy atom. The minimum atomic E-state index is -4.23. The van der Waals surface area contributed by atoms with Crippen LogP contribution in [0.4, 0.5) is 0 Å². The van der Waals surface area contributed by atoms with Gasteiger partial charge >= 0.3 is 49.7 Å². The van der Waals surface area contributed by atoms with Gasteiger partial charge in [0, 0.05) is 12.2 Å². The van der Waals surface area contributed by atoms with Crippen LogP contribution in [0.15, 0.2) is 25.3 Å². The quantitative estimate of drug-likeness (QED) is 0.0538. The Labute approximate surface area is 248 Å². The van der Waals surface area contributed by atoms with E-state index in [0.717, 1.165) is 12.2 Å². The summed E-state index contributed by atoms with van der Waals surface area (Å²) >= 11 is 0. The van der Waals surface area contributed by atoms with E-state index in [0.29, 0.717) is 0 Å². The van der Waals surface area contributed by atoms with E-state index >= 15 is 0 Å². The van der Waals surface area contributed by atoms with Gasteiger partial charge in [0.1, 0.15) is 12.2 Å². The third kappa shape index (κ3) is 35.3. The number of ether oxygens (including phenoxy) is 6. The molecule has 0 saturated carbocycles. The van der Waals surface area contributed by atoms with Crippen LogP contribution in [-0.2, 0) is 58.2 Å². The summed E-state index contributed by atoms with van der Waals surface area (Å²) in [6.07, 6.45) is 1.31. The summed E-state index contributed by atoms with van der Waals surface area (Å²) in [4.78, 5) is 21.6. The number of hydrogen-bond donors (Lipinski definition) is 0. The Kier molecular flexibility index (Phi) is 26.9. The molecule has 0 aromatic carbocycles. The van der Waals surface area contributed by atoms with Crippen LogP contribution in [0.3, 0.4) is 0 Å². The van der Waals surface area contributed by atoms with Crippen molar-refractivity contribution in [1.29, 1.82) is 0 Å². The molecule has 0 rings (SSSR count). The maximum absolute atomic E-state index is 10.8. The van der Waals surface area contributed by atoms with Gasteiger partial charge in [0.15, 0.2) is 0 Å². The van der Waals surface area contributed by atoms with Crippen molar-refractivity contribution in [3.05, 3.63) is 25.3 Å². The van der Waals surface area contributed by atoms with Crippen molar-refractivity contribution in [1.82, 2.24) is 0 Å². The second kappa shape index (κ2) is 24.4. The third-order valence-electron chi connectivity index (χ3n) is 3.37. The molecule has 0 aliphatic rings. The van der Waals surface area contributed by atoms with E-state index in [1.807, 2.05) is 0 Å². The van der Waals surface area contributed by atoms with E-state index < -0.39 is 55.9 Å². The number of carbonyl (C=O) groups is 2. The summed E-state index contributed by atoms with van der Waals surface area (Å²) in [6, 6.07) is 0. The number of esters is 2. The Morgan fingerprint density at radius 2 is 0.973 bits per heavy atom. The van der Waals surface area contributed by atoms with Gasteiger partial charge in [-0.1, -0.05) is 13.2 Å². The van der Waals surface area contributed by atoms with E-state index in [1.54, 1.807) is 13.8 Å². The number of hydrogen-bond acceptors (Lipinski definition) is 14. The van der Waals surface area contributed by atoms with Gasteiger partial charge in [-0.2, -0.15) is 0 Å². The molecule has 0 spiro atoms. The van der Waals surface area contributed by atoms with Crippen LogP contribution >= 0.6 is 0 Å². The predicted molar refractivity (Wildman–Crippen MR) is 130 cm³/mol. The second-order valence-electron chi connectivity index (χ2n) is 6.80. The van der Waals surface area contributed by atoms with Gasteiger partial charge in [-0.15, -0.1) is 0 Å². The van der Waals surface area contributed by atoms with E-state index in [2.05, 4.69) is 13.2 Å². The molecule has 2 atom stereocenters. The Bertz CT molecular complexity index is 775. The molecule has 17 heteroatoms. The van der Waals surface area contributed by atoms with E-state index in [9.17, 15) is 35.5 Å². The largest absolute Gasteiger partial charge is 2.00 e. The average molecular weight is 603 g/mol. The summed E-state index contributed by atoms with van der Waals surface area (Å²) in [5.41, 5.74) is 0. The molecule has 212 valence electrons. The van der Waals surface area contributed by atoms with Gasteiger partial charge in [0.2, 0.25) is 0 Å². The Morgan fingerprint density at radius 3 is 1.24 bits per heavy atom. The first-order valence-corrected chi connectivity index (χ1v) is 13.7. The number of carbonyl (C=O) groups excluding carboxylic acids is 2. The molecule has 0 aromatic rings. The van der Waals surface area contributed by atoms with Crippen LogP contribution in [0.1, 0.15) is 13.8 Å². The molecule has 14 nitrogen and oxygen atoms in total. The van der Waals surface area contributed by atoms with E-state index in [1.165, 1.54) is 0 Å². The fourth-order valence-corrected chi connectivity index (χ4v) is 2.47. The van der Waals surface area contributed by atoms with Gasteiger partial charge in [0.05, 0.1) is 84.6 Å². The van der Waals surface area contributed by atoms with Gasteiger partial charge in [-0.25, -0.2) is 26.4 Å². The van der Waals surface area contributed by atoms with Crippen molar-refractivity contribution in [3.8, 4) is 0 Å². The van der Waals surface area contributed by atoms with Crippen molar-refractivity contribution in [2.75, 3.05) is 64.4 Å². The van der Waals surface area contributed by atoms with Gasteiger partial charge in [0.25, 0.3) is 0 Å². The summed E-state index contributed by atoms with van der Waals surface area (Å²) in [5, 5.41) is 0. The Hall–Kier alpha value is -0.660. The molecule has 0 amide bonds. The summed E-state index contributed by atoms with van der Waals surface area (Å²) in [7, 11) is -8.46. The molecule has 37 heavy (non-hydrogen) atoms. The first kappa shape index (κ1) is 40.8. The fraction of sp³-hybridized carbons (Fsp3) is 0.700. The SMILES string of the molecule is C=CC(=O)OC(C)COCCOCCS(=O)(=O)[O-].C=CC(=O)OC(C)COCCOCCS(=O)(=O)[O-].[Ca+2]. The average Bonchev–Trinajstić information content (AvgIpc) is 2.76. The van der Waals surface area contributed by atoms with E-state index in [4.69, 9.17) is 28.4 Å². The summed E-state index contributed by atoms with van der Waals surface area (Å²) < 4.78 is 90.9. The minimum absolute atomic E-state index is 0. The van der Waals surface area contributed by atoms with Crippen molar-refractivity contribution >= 4 is 69.9 Å². The molecular formula is C20H34CaO14S2. The molecule has 0 fully saturated rings. The normalized spacial score (nSPS) is 12.6. The molecule has 0 heterocycles. The first-order valence-electron chi connectivity index (χ1n) is 10.5. The fourth-order valence-electron chi connectivity index (χ4n) is 1.82. The predicted octanol–water partition coefficient (Wildman–Crippen LogP) is -1.02. The smallest absolute Gasteiger partial charge is 0.748 e. The Balaban J connectivity index is -0.000000608. The molecule has 0 aliphatic carbocycles. The summed E-state index contributed by atoms with van der Waals surface area (Å²) in [5.74, 6) is -2.16. The van der Waals surface area contributed by atoms with Crippen LogP contribution in [0.2, 0.25) is 0 Å². The molecule has 2 unspecified atom stereocenters. The third-order valence-corrected chi connectivity index (χ3v) is 4.71. The second-order valence-corrected chi connectivity index (χ2v) is 9.85. The minimum Gasteiger partial charge on any atom is -0.748 e. The molecule has 0 aliphatic heterocycles. The summed E-state index contributed by atoms with van der Waals surface area (Å²) in [6.45, 7) is 10.7. The van der Waals surface area contributed by atoms with Gasteiger partial charge < -0.3 is 37.5 Å². The van der Waals surface area contributed by atoms with E-state index in [-0.39, 0.29) is 90.6 Å². The maximum atomic E-state index is 10.8. The van der Waals surface area contributed by atoms with Crippen LogP contribution in [0.25, 0.3) is 0 Å². The van der Waals surface area contributed by atoms with Gasteiger partial charge in [-0.05, 0) is 13.8 Å². The van der Waals surface area contributed by atoms with Crippen molar-refractivity contribution in [3.63, 3.8) is 0 Å². The van der Waals surface area contributed by atoms with Crippen LogP contribution in [-0.4, -0.2) is 152 Å².